The van der Waals surface area contributed by atoms with Crippen LogP contribution in [0.25, 0.3) is 0 Å². The average Bonchev–Trinajstić information content (AvgIpc) is 2.35. The van der Waals surface area contributed by atoms with Crippen LogP contribution in [-0.2, 0) is 10.0 Å². The largest absolute Gasteiger partial charge is 0.396 e. The van der Waals surface area contributed by atoms with Gasteiger partial charge in [-0.15, -0.1) is 0 Å². The van der Waals surface area contributed by atoms with Crippen LogP contribution in [0, 0.1) is 11.8 Å². The fraction of sp³-hybridized carbons (Fsp3) is 1.00. The van der Waals surface area contributed by atoms with Crippen molar-refractivity contribution in [3.63, 3.8) is 0 Å². The van der Waals surface area contributed by atoms with Crippen molar-refractivity contribution < 1.29 is 13.5 Å². The molecule has 1 fully saturated rings. The van der Waals surface area contributed by atoms with E-state index in [4.69, 9.17) is 5.11 Å². The predicted molar refractivity (Wildman–Crippen MR) is 73.8 cm³/mol. The molecule has 1 aliphatic rings. The summed E-state index contributed by atoms with van der Waals surface area (Å²) in [5.74, 6) is 0.906. The summed E-state index contributed by atoms with van der Waals surface area (Å²) < 4.78 is 26.4. The van der Waals surface area contributed by atoms with Crippen LogP contribution in [0.4, 0.5) is 0 Å². The number of nitrogens with one attached hydrogen (secondary N) is 1. The van der Waals surface area contributed by atoms with Crippen LogP contribution < -0.4 is 4.72 Å². The van der Waals surface area contributed by atoms with Gasteiger partial charge in [0, 0.05) is 13.2 Å². The lowest BCUT2D eigenvalue weighted by Gasteiger charge is -2.21. The van der Waals surface area contributed by atoms with E-state index in [2.05, 4.69) is 4.72 Å². The smallest absolute Gasteiger partial charge is 0.211 e. The summed E-state index contributed by atoms with van der Waals surface area (Å²) >= 11 is 0. The summed E-state index contributed by atoms with van der Waals surface area (Å²) in [5, 5.41) is 8.87. The molecule has 108 valence electrons. The minimum absolute atomic E-state index is 0.175. The minimum Gasteiger partial charge on any atom is -0.396 e. The maximum absolute atomic E-state index is 11.9. The first kappa shape index (κ1) is 15.9. The fourth-order valence-electron chi connectivity index (χ4n) is 2.49. The number of hydrogen-bond acceptors (Lipinski definition) is 3. The molecule has 1 rings (SSSR count). The van der Waals surface area contributed by atoms with Gasteiger partial charge < -0.3 is 5.11 Å². The molecule has 18 heavy (non-hydrogen) atoms. The van der Waals surface area contributed by atoms with Crippen molar-refractivity contribution in [2.45, 2.75) is 51.9 Å². The maximum Gasteiger partial charge on any atom is 0.211 e. The third kappa shape index (κ3) is 6.71. The van der Waals surface area contributed by atoms with Gasteiger partial charge in [0.2, 0.25) is 10.0 Å². The molecule has 1 unspecified atom stereocenters. The number of aliphatic hydroxyl groups is 1. The van der Waals surface area contributed by atoms with Gasteiger partial charge in [-0.25, -0.2) is 13.1 Å². The highest BCUT2D eigenvalue weighted by Gasteiger charge is 2.20. The Kier molecular flexibility index (Phi) is 7.19. The average molecular weight is 277 g/mol. The Morgan fingerprint density at radius 1 is 1.28 bits per heavy atom. The van der Waals surface area contributed by atoms with Gasteiger partial charge in [-0.1, -0.05) is 26.2 Å². The molecule has 0 aromatic rings. The second kappa shape index (κ2) is 8.12. The summed E-state index contributed by atoms with van der Waals surface area (Å²) in [7, 11) is -3.10. The molecule has 0 amide bonds. The fourth-order valence-corrected chi connectivity index (χ4v) is 4.02. The molecule has 4 nitrogen and oxygen atoms in total. The van der Waals surface area contributed by atoms with Gasteiger partial charge in [0.05, 0.1) is 5.75 Å². The van der Waals surface area contributed by atoms with E-state index in [0.717, 1.165) is 25.7 Å². The van der Waals surface area contributed by atoms with Crippen LogP contribution in [0.1, 0.15) is 51.9 Å². The number of rotatable bonds is 8. The van der Waals surface area contributed by atoms with Crippen LogP contribution in [0.2, 0.25) is 0 Å². The normalized spacial score (nSPS) is 19.9. The summed E-state index contributed by atoms with van der Waals surface area (Å²) in [5.41, 5.74) is 0. The SMILES string of the molecule is CC(CO)CCCNS(=O)(=O)CC1CCCCC1. The lowest BCUT2D eigenvalue weighted by atomic mass is 9.91. The van der Waals surface area contributed by atoms with Crippen LogP contribution >= 0.6 is 0 Å². The van der Waals surface area contributed by atoms with Crippen molar-refractivity contribution in [2.24, 2.45) is 11.8 Å². The molecule has 2 N–H and O–H groups in total. The molecule has 5 heteroatoms. The van der Waals surface area contributed by atoms with Crippen molar-refractivity contribution in [2.75, 3.05) is 18.9 Å². The summed E-state index contributed by atoms with van der Waals surface area (Å²) in [6.07, 6.45) is 7.38. The molecule has 0 aromatic heterocycles. The zero-order valence-corrected chi connectivity index (χ0v) is 12.2. The standard InChI is InChI=1S/C13H27NO3S/c1-12(10-15)6-5-9-14-18(16,17)11-13-7-3-2-4-8-13/h12-15H,2-11H2,1H3. The third-order valence-corrected chi connectivity index (χ3v) is 5.24. The molecule has 0 saturated heterocycles. The van der Waals surface area contributed by atoms with Crippen LogP contribution in [-0.4, -0.2) is 32.4 Å². The molecule has 0 aromatic carbocycles. The highest BCUT2D eigenvalue weighted by molar-refractivity contribution is 7.89. The van der Waals surface area contributed by atoms with Crippen molar-refractivity contribution in [1.29, 1.82) is 0 Å². The topological polar surface area (TPSA) is 66.4 Å². The number of hydrogen-bond donors (Lipinski definition) is 2. The molecule has 0 radical (unpaired) electrons. The molecule has 1 atom stereocenters. The van der Waals surface area contributed by atoms with E-state index in [1.54, 1.807) is 0 Å². The van der Waals surface area contributed by atoms with E-state index >= 15 is 0 Å². The lowest BCUT2D eigenvalue weighted by Crippen LogP contribution is -2.31. The second-order valence-corrected chi connectivity index (χ2v) is 7.46. The molecular formula is C13H27NO3S. The lowest BCUT2D eigenvalue weighted by molar-refractivity contribution is 0.228. The van der Waals surface area contributed by atoms with Gasteiger partial charge in [0.25, 0.3) is 0 Å². The summed E-state index contributed by atoms with van der Waals surface area (Å²) in [6.45, 7) is 2.64. The Morgan fingerprint density at radius 3 is 2.56 bits per heavy atom. The van der Waals surface area contributed by atoms with Crippen molar-refractivity contribution in [3.05, 3.63) is 0 Å². The highest BCUT2D eigenvalue weighted by Crippen LogP contribution is 2.24. The van der Waals surface area contributed by atoms with E-state index in [1.807, 2.05) is 6.92 Å². The Labute approximate surface area is 111 Å². The summed E-state index contributed by atoms with van der Waals surface area (Å²) in [6, 6.07) is 0. The maximum atomic E-state index is 11.9. The Morgan fingerprint density at radius 2 is 1.94 bits per heavy atom. The molecule has 0 heterocycles. The van der Waals surface area contributed by atoms with Gasteiger partial charge in [-0.3, -0.25) is 0 Å². The third-order valence-electron chi connectivity index (χ3n) is 3.69. The highest BCUT2D eigenvalue weighted by atomic mass is 32.2. The molecular weight excluding hydrogens is 250 g/mol. The van der Waals surface area contributed by atoms with Crippen molar-refractivity contribution in [3.8, 4) is 0 Å². The molecule has 1 saturated carbocycles. The zero-order chi connectivity index (χ0) is 13.4. The van der Waals surface area contributed by atoms with Crippen molar-refractivity contribution in [1.82, 2.24) is 4.72 Å². The van der Waals surface area contributed by atoms with Crippen LogP contribution in [0.5, 0.6) is 0 Å². The minimum atomic E-state index is -3.10. The summed E-state index contributed by atoms with van der Waals surface area (Å²) in [4.78, 5) is 0. The first-order valence-corrected chi connectivity index (χ1v) is 8.77. The Bertz CT molecular complexity index is 310. The van der Waals surface area contributed by atoms with Crippen molar-refractivity contribution >= 4 is 10.0 Å². The number of aliphatic hydroxyl groups excluding tert-OH is 1. The van der Waals surface area contributed by atoms with Crippen LogP contribution in [0.15, 0.2) is 0 Å². The van der Waals surface area contributed by atoms with Gasteiger partial charge in [-0.2, -0.15) is 0 Å². The second-order valence-electron chi connectivity index (χ2n) is 5.61. The van der Waals surface area contributed by atoms with E-state index in [0.29, 0.717) is 18.2 Å². The van der Waals surface area contributed by atoms with Gasteiger partial charge >= 0.3 is 0 Å². The van der Waals surface area contributed by atoms with Gasteiger partial charge in [0.1, 0.15) is 0 Å². The van der Waals surface area contributed by atoms with E-state index in [9.17, 15) is 8.42 Å². The van der Waals surface area contributed by atoms with Crippen LogP contribution in [0.3, 0.4) is 0 Å². The Balaban J connectivity index is 2.18. The quantitative estimate of drug-likeness (QED) is 0.666. The van der Waals surface area contributed by atoms with E-state index in [-0.39, 0.29) is 12.5 Å². The monoisotopic (exact) mass is 277 g/mol. The van der Waals surface area contributed by atoms with Gasteiger partial charge in [0.15, 0.2) is 0 Å². The molecule has 0 spiro atoms. The number of sulfonamides is 1. The van der Waals surface area contributed by atoms with Gasteiger partial charge in [-0.05, 0) is 37.5 Å². The zero-order valence-electron chi connectivity index (χ0n) is 11.4. The molecule has 0 aliphatic heterocycles. The predicted octanol–water partition coefficient (Wildman–Crippen LogP) is 1.89. The first-order chi connectivity index (χ1) is 8.53. The van der Waals surface area contributed by atoms with E-state index < -0.39 is 10.0 Å². The van der Waals surface area contributed by atoms with E-state index in [1.165, 1.54) is 19.3 Å². The molecule has 1 aliphatic carbocycles. The Hall–Kier alpha value is -0.130. The first-order valence-electron chi connectivity index (χ1n) is 7.11. The molecule has 0 bridgehead atoms.